The lowest BCUT2D eigenvalue weighted by molar-refractivity contribution is -0.116. The molecule has 0 radical (unpaired) electrons. The van der Waals surface area contributed by atoms with Gasteiger partial charge in [-0.15, -0.1) is 0 Å². The van der Waals surface area contributed by atoms with Gasteiger partial charge in [0.1, 0.15) is 5.75 Å². The molecule has 0 saturated heterocycles. The highest BCUT2D eigenvalue weighted by Crippen LogP contribution is 2.23. The van der Waals surface area contributed by atoms with Crippen molar-refractivity contribution in [1.82, 2.24) is 5.32 Å². The number of amides is 1. The Bertz CT molecular complexity index is 484. The maximum atomic E-state index is 11.7. The summed E-state index contributed by atoms with van der Waals surface area (Å²) in [6, 6.07) is 5.57. The number of hydrogen-bond acceptors (Lipinski definition) is 3. The van der Waals surface area contributed by atoms with Crippen LogP contribution in [0.15, 0.2) is 24.3 Å². The topological polar surface area (TPSA) is 64.3 Å². The molecule has 1 aromatic rings. The summed E-state index contributed by atoms with van der Waals surface area (Å²) in [5.41, 5.74) is 7.46. The van der Waals surface area contributed by atoms with Crippen LogP contribution in [0, 0.1) is 0 Å². The van der Waals surface area contributed by atoms with E-state index >= 15 is 0 Å². The number of carbonyl (C=O) groups excluding carboxylic acids is 1. The van der Waals surface area contributed by atoms with Crippen molar-refractivity contribution in [3.63, 3.8) is 0 Å². The van der Waals surface area contributed by atoms with Gasteiger partial charge >= 0.3 is 0 Å². The highest BCUT2D eigenvalue weighted by molar-refractivity contribution is 5.91. The SMILES string of the molecule is CCCCCNC(=O)/C=C\c1ccc(OCCCC)c(N)c1. The Morgan fingerprint density at radius 2 is 2.00 bits per heavy atom. The molecule has 1 amide bonds. The number of hydrogen-bond donors (Lipinski definition) is 2. The fourth-order valence-corrected chi connectivity index (χ4v) is 1.95. The van der Waals surface area contributed by atoms with E-state index in [1.54, 1.807) is 12.2 Å². The van der Waals surface area contributed by atoms with Crippen molar-refractivity contribution in [2.24, 2.45) is 0 Å². The second kappa shape index (κ2) is 10.7. The first-order valence-corrected chi connectivity index (χ1v) is 8.15. The van der Waals surface area contributed by atoms with E-state index in [0.717, 1.165) is 44.2 Å². The summed E-state index contributed by atoms with van der Waals surface area (Å²) in [5.74, 6) is 0.632. The molecule has 3 N–H and O–H groups in total. The molecule has 0 aliphatic carbocycles. The van der Waals surface area contributed by atoms with Gasteiger partial charge in [0.15, 0.2) is 0 Å². The van der Waals surface area contributed by atoms with E-state index in [1.807, 2.05) is 18.2 Å². The van der Waals surface area contributed by atoms with Crippen molar-refractivity contribution in [3.8, 4) is 5.75 Å². The second-order valence-corrected chi connectivity index (χ2v) is 5.33. The first-order chi connectivity index (χ1) is 10.7. The second-order valence-electron chi connectivity index (χ2n) is 5.33. The lowest BCUT2D eigenvalue weighted by atomic mass is 10.1. The first-order valence-electron chi connectivity index (χ1n) is 8.15. The van der Waals surface area contributed by atoms with Crippen LogP contribution < -0.4 is 15.8 Å². The Hall–Kier alpha value is -1.97. The molecule has 0 aromatic heterocycles. The van der Waals surface area contributed by atoms with Gasteiger partial charge in [-0.3, -0.25) is 4.79 Å². The molecule has 1 rings (SSSR count). The molecule has 0 bridgehead atoms. The van der Waals surface area contributed by atoms with Crippen LogP contribution >= 0.6 is 0 Å². The van der Waals surface area contributed by atoms with Crippen LogP contribution in [0.5, 0.6) is 5.75 Å². The Kier molecular flexibility index (Phi) is 8.80. The molecule has 0 atom stereocenters. The van der Waals surface area contributed by atoms with E-state index in [1.165, 1.54) is 0 Å². The quantitative estimate of drug-likeness (QED) is 0.393. The van der Waals surface area contributed by atoms with Crippen LogP contribution in [0.2, 0.25) is 0 Å². The predicted molar refractivity (Wildman–Crippen MR) is 92.8 cm³/mol. The summed E-state index contributed by atoms with van der Waals surface area (Å²) in [6.45, 7) is 5.66. The van der Waals surface area contributed by atoms with Gasteiger partial charge in [0, 0.05) is 12.6 Å². The predicted octanol–water partition coefficient (Wildman–Crippen LogP) is 3.77. The molecule has 22 heavy (non-hydrogen) atoms. The number of carbonyl (C=O) groups is 1. The zero-order chi connectivity index (χ0) is 16.2. The average molecular weight is 304 g/mol. The highest BCUT2D eigenvalue weighted by atomic mass is 16.5. The molecule has 0 spiro atoms. The van der Waals surface area contributed by atoms with Crippen LogP contribution in [-0.2, 0) is 4.79 Å². The average Bonchev–Trinajstić information content (AvgIpc) is 2.51. The van der Waals surface area contributed by atoms with Gasteiger partial charge in [0.25, 0.3) is 0 Å². The summed E-state index contributed by atoms with van der Waals surface area (Å²) in [5, 5.41) is 2.87. The minimum atomic E-state index is -0.0713. The van der Waals surface area contributed by atoms with Gasteiger partial charge in [0.2, 0.25) is 5.91 Å². The van der Waals surface area contributed by atoms with E-state index in [-0.39, 0.29) is 5.91 Å². The fourth-order valence-electron chi connectivity index (χ4n) is 1.95. The van der Waals surface area contributed by atoms with E-state index < -0.39 is 0 Å². The van der Waals surface area contributed by atoms with Crippen LogP contribution in [0.1, 0.15) is 51.5 Å². The summed E-state index contributed by atoms with van der Waals surface area (Å²) in [7, 11) is 0. The lowest BCUT2D eigenvalue weighted by Gasteiger charge is -2.08. The third-order valence-electron chi connectivity index (χ3n) is 3.30. The van der Waals surface area contributed by atoms with Crippen LogP contribution in [-0.4, -0.2) is 19.1 Å². The maximum Gasteiger partial charge on any atom is 0.243 e. The van der Waals surface area contributed by atoms with Gasteiger partial charge in [-0.05, 0) is 36.6 Å². The number of nitrogens with one attached hydrogen (secondary N) is 1. The smallest absolute Gasteiger partial charge is 0.243 e. The van der Waals surface area contributed by atoms with E-state index in [0.29, 0.717) is 18.0 Å². The third kappa shape index (κ3) is 7.16. The lowest BCUT2D eigenvalue weighted by Crippen LogP contribution is -2.21. The van der Waals surface area contributed by atoms with Crippen molar-refractivity contribution < 1.29 is 9.53 Å². The number of unbranched alkanes of at least 4 members (excludes halogenated alkanes) is 3. The molecule has 0 aliphatic rings. The number of anilines is 1. The zero-order valence-electron chi connectivity index (χ0n) is 13.7. The molecular weight excluding hydrogens is 276 g/mol. The largest absolute Gasteiger partial charge is 0.491 e. The van der Waals surface area contributed by atoms with Crippen LogP contribution in [0.4, 0.5) is 5.69 Å². The molecule has 1 aromatic carbocycles. The number of rotatable bonds is 10. The van der Waals surface area contributed by atoms with Crippen molar-refractivity contribution in [3.05, 3.63) is 29.8 Å². The zero-order valence-corrected chi connectivity index (χ0v) is 13.7. The summed E-state index contributed by atoms with van der Waals surface area (Å²) in [6.07, 6.45) is 8.72. The molecule has 4 nitrogen and oxygen atoms in total. The molecule has 122 valence electrons. The van der Waals surface area contributed by atoms with Gasteiger partial charge in [-0.1, -0.05) is 39.2 Å². The van der Waals surface area contributed by atoms with Crippen molar-refractivity contribution >= 4 is 17.7 Å². The molecule has 0 heterocycles. The molecule has 0 aliphatic heterocycles. The molecule has 0 saturated carbocycles. The Morgan fingerprint density at radius 3 is 2.68 bits per heavy atom. The molecule has 4 heteroatoms. The minimum Gasteiger partial charge on any atom is -0.491 e. The van der Waals surface area contributed by atoms with Crippen molar-refractivity contribution in [2.75, 3.05) is 18.9 Å². The van der Waals surface area contributed by atoms with E-state index in [2.05, 4.69) is 19.2 Å². The Balaban J connectivity index is 2.46. The van der Waals surface area contributed by atoms with Gasteiger partial charge in [0.05, 0.1) is 12.3 Å². The number of ether oxygens (including phenoxy) is 1. The normalized spacial score (nSPS) is 10.8. The van der Waals surface area contributed by atoms with E-state index in [4.69, 9.17) is 10.5 Å². The maximum absolute atomic E-state index is 11.7. The Labute approximate surface area is 133 Å². The number of nitrogens with two attached hydrogens (primary N) is 1. The summed E-state index contributed by atoms with van der Waals surface area (Å²) in [4.78, 5) is 11.7. The van der Waals surface area contributed by atoms with Crippen molar-refractivity contribution in [2.45, 2.75) is 46.0 Å². The van der Waals surface area contributed by atoms with Crippen molar-refractivity contribution in [1.29, 1.82) is 0 Å². The van der Waals surface area contributed by atoms with Crippen LogP contribution in [0.25, 0.3) is 6.08 Å². The van der Waals surface area contributed by atoms with Crippen LogP contribution in [0.3, 0.4) is 0 Å². The van der Waals surface area contributed by atoms with E-state index in [9.17, 15) is 4.79 Å². The standard InChI is InChI=1S/C18H28N2O2/c1-3-5-7-12-20-18(21)11-9-15-8-10-17(16(19)14-15)22-13-6-4-2/h8-11,14H,3-7,12-13,19H2,1-2H3,(H,20,21)/b11-9-. The van der Waals surface area contributed by atoms with Gasteiger partial charge < -0.3 is 15.8 Å². The fraction of sp³-hybridized carbons (Fsp3) is 0.500. The highest BCUT2D eigenvalue weighted by Gasteiger charge is 2.01. The summed E-state index contributed by atoms with van der Waals surface area (Å²) >= 11 is 0. The monoisotopic (exact) mass is 304 g/mol. The Morgan fingerprint density at radius 1 is 1.23 bits per heavy atom. The first kappa shape index (κ1) is 18.1. The van der Waals surface area contributed by atoms with Gasteiger partial charge in [-0.2, -0.15) is 0 Å². The molecule has 0 fully saturated rings. The number of benzene rings is 1. The minimum absolute atomic E-state index is 0.0713. The number of nitrogen functional groups attached to an aromatic ring is 1. The van der Waals surface area contributed by atoms with Gasteiger partial charge in [-0.25, -0.2) is 0 Å². The third-order valence-corrected chi connectivity index (χ3v) is 3.30. The molecular formula is C18H28N2O2. The molecule has 0 unspecified atom stereocenters. The summed E-state index contributed by atoms with van der Waals surface area (Å²) < 4.78 is 5.61.